The van der Waals surface area contributed by atoms with Crippen LogP contribution in [0.25, 0.3) is 10.9 Å². The molecule has 0 saturated carbocycles. The van der Waals surface area contributed by atoms with Gasteiger partial charge in [0.25, 0.3) is 5.91 Å². The Kier molecular flexibility index (Phi) is 3.65. The highest BCUT2D eigenvalue weighted by molar-refractivity contribution is 6.04. The average molecular weight is 245 g/mol. The Balaban J connectivity index is 2.10. The van der Waals surface area contributed by atoms with Gasteiger partial charge in [-0.1, -0.05) is 39.0 Å². The summed E-state index contributed by atoms with van der Waals surface area (Å²) < 4.78 is 0. The lowest BCUT2D eigenvalue weighted by Crippen LogP contribution is -2.30. The number of benzene rings is 1. The highest BCUT2D eigenvalue weighted by atomic mass is 16.1. The van der Waals surface area contributed by atoms with E-state index in [1.165, 1.54) is 0 Å². The highest BCUT2D eigenvalue weighted by Crippen LogP contribution is 2.15. The van der Waals surface area contributed by atoms with Crippen molar-refractivity contribution in [2.45, 2.75) is 20.8 Å². The van der Waals surface area contributed by atoms with E-state index < -0.39 is 0 Å². The molecule has 0 saturated heterocycles. The van der Waals surface area contributed by atoms with Crippen LogP contribution in [0.3, 0.4) is 0 Å². The number of fused-ring (bicyclic) bond motifs is 1. The number of hydrogen-bond acceptors (Lipinski definition) is 2. The van der Waals surface area contributed by atoms with E-state index in [9.17, 15) is 4.79 Å². The van der Waals surface area contributed by atoms with Gasteiger partial charge in [0, 0.05) is 11.9 Å². The Morgan fingerprint density at radius 1 is 1.33 bits per heavy atom. The molecule has 0 bridgehead atoms. The van der Waals surface area contributed by atoms with Gasteiger partial charge in [-0.2, -0.15) is 5.10 Å². The average Bonchev–Trinajstić information content (AvgIpc) is 2.79. The second kappa shape index (κ2) is 5.21. The molecule has 1 atom stereocenters. The number of para-hydroxylation sites is 1. The van der Waals surface area contributed by atoms with Gasteiger partial charge in [-0.25, -0.2) is 0 Å². The number of nitrogens with zero attached hydrogens (tertiary/aromatic N) is 1. The number of amides is 1. The minimum atomic E-state index is -0.111. The quantitative estimate of drug-likeness (QED) is 0.869. The van der Waals surface area contributed by atoms with Crippen LogP contribution in [0, 0.1) is 11.8 Å². The van der Waals surface area contributed by atoms with Crippen LogP contribution in [0.5, 0.6) is 0 Å². The van der Waals surface area contributed by atoms with Crippen molar-refractivity contribution in [2.75, 3.05) is 6.54 Å². The molecule has 1 aromatic carbocycles. The molecule has 2 aromatic rings. The summed E-state index contributed by atoms with van der Waals surface area (Å²) >= 11 is 0. The number of aromatic nitrogens is 2. The number of nitrogens with one attached hydrogen (secondary N) is 2. The van der Waals surface area contributed by atoms with Crippen LogP contribution < -0.4 is 5.32 Å². The monoisotopic (exact) mass is 245 g/mol. The molecule has 0 aliphatic heterocycles. The first kappa shape index (κ1) is 12.6. The lowest BCUT2D eigenvalue weighted by atomic mass is 9.98. The molecular weight excluding hydrogens is 226 g/mol. The molecule has 0 aliphatic carbocycles. The van der Waals surface area contributed by atoms with Crippen LogP contribution in [0.15, 0.2) is 24.3 Å². The van der Waals surface area contributed by atoms with Crippen molar-refractivity contribution in [1.29, 1.82) is 0 Å². The Morgan fingerprint density at radius 3 is 2.78 bits per heavy atom. The van der Waals surface area contributed by atoms with Gasteiger partial charge in [-0.15, -0.1) is 0 Å². The Morgan fingerprint density at radius 2 is 2.06 bits per heavy atom. The molecule has 4 heteroatoms. The topological polar surface area (TPSA) is 57.8 Å². The molecule has 0 aliphatic rings. The summed E-state index contributed by atoms with van der Waals surface area (Å²) in [6.45, 7) is 7.12. The Labute approximate surface area is 107 Å². The predicted molar refractivity (Wildman–Crippen MR) is 72.4 cm³/mol. The standard InChI is InChI=1S/C14H19N3O/c1-9(2)10(3)8-15-14(18)13-11-6-4-5-7-12(11)16-17-13/h4-7,9-10H,8H2,1-3H3,(H,15,18)(H,16,17). The molecule has 96 valence electrons. The number of hydrogen-bond donors (Lipinski definition) is 2. The second-order valence-corrected chi connectivity index (χ2v) is 5.05. The first-order valence-electron chi connectivity index (χ1n) is 6.31. The van der Waals surface area contributed by atoms with Crippen LogP contribution in [0.4, 0.5) is 0 Å². The van der Waals surface area contributed by atoms with Gasteiger partial charge >= 0.3 is 0 Å². The first-order chi connectivity index (χ1) is 8.59. The fourth-order valence-electron chi connectivity index (χ4n) is 1.71. The van der Waals surface area contributed by atoms with Gasteiger partial charge in [0.2, 0.25) is 0 Å². The first-order valence-corrected chi connectivity index (χ1v) is 6.31. The molecule has 1 unspecified atom stereocenters. The van der Waals surface area contributed by atoms with Gasteiger partial charge in [-0.3, -0.25) is 9.89 Å². The van der Waals surface area contributed by atoms with Crippen LogP contribution in [0.1, 0.15) is 31.3 Å². The Hall–Kier alpha value is -1.84. The molecule has 0 spiro atoms. The van der Waals surface area contributed by atoms with E-state index in [2.05, 4.69) is 36.3 Å². The van der Waals surface area contributed by atoms with Crippen molar-refractivity contribution < 1.29 is 4.79 Å². The van der Waals surface area contributed by atoms with E-state index >= 15 is 0 Å². The van der Waals surface area contributed by atoms with E-state index in [4.69, 9.17) is 0 Å². The molecule has 1 amide bonds. The van der Waals surface area contributed by atoms with E-state index in [-0.39, 0.29) is 5.91 Å². The third-order valence-corrected chi connectivity index (χ3v) is 3.41. The molecule has 1 aromatic heterocycles. The number of carbonyl (C=O) groups is 1. The van der Waals surface area contributed by atoms with Gasteiger partial charge in [-0.05, 0) is 17.9 Å². The molecule has 2 rings (SSSR count). The Bertz CT molecular complexity index is 545. The molecule has 18 heavy (non-hydrogen) atoms. The molecule has 4 nitrogen and oxygen atoms in total. The van der Waals surface area contributed by atoms with Crippen LogP contribution >= 0.6 is 0 Å². The summed E-state index contributed by atoms with van der Waals surface area (Å²) in [6, 6.07) is 7.64. The highest BCUT2D eigenvalue weighted by Gasteiger charge is 2.15. The van der Waals surface area contributed by atoms with Crippen LogP contribution in [0.2, 0.25) is 0 Å². The summed E-state index contributed by atoms with van der Waals surface area (Å²) in [5.74, 6) is 0.903. The third-order valence-electron chi connectivity index (χ3n) is 3.41. The van der Waals surface area contributed by atoms with Crippen molar-refractivity contribution >= 4 is 16.8 Å². The SMILES string of the molecule is CC(C)C(C)CNC(=O)c1n[nH]c2ccccc12. The van der Waals surface area contributed by atoms with Gasteiger partial charge in [0.05, 0.1) is 5.52 Å². The van der Waals surface area contributed by atoms with Crippen LogP contribution in [-0.4, -0.2) is 22.6 Å². The lowest BCUT2D eigenvalue weighted by molar-refractivity contribution is 0.0941. The van der Waals surface area contributed by atoms with Crippen molar-refractivity contribution in [3.63, 3.8) is 0 Å². The third kappa shape index (κ3) is 2.53. The fraction of sp³-hybridized carbons (Fsp3) is 0.429. The second-order valence-electron chi connectivity index (χ2n) is 5.05. The molecular formula is C14H19N3O. The van der Waals surface area contributed by atoms with Gasteiger partial charge in [0.1, 0.15) is 0 Å². The van der Waals surface area contributed by atoms with Crippen LogP contribution in [-0.2, 0) is 0 Å². The zero-order chi connectivity index (χ0) is 13.1. The van der Waals surface area contributed by atoms with Crippen molar-refractivity contribution in [2.24, 2.45) is 11.8 Å². The maximum absolute atomic E-state index is 12.1. The zero-order valence-corrected chi connectivity index (χ0v) is 11.0. The normalized spacial score (nSPS) is 12.9. The van der Waals surface area contributed by atoms with Crippen molar-refractivity contribution in [3.8, 4) is 0 Å². The molecule has 0 fully saturated rings. The number of carbonyl (C=O) groups excluding carboxylic acids is 1. The summed E-state index contributed by atoms with van der Waals surface area (Å²) in [7, 11) is 0. The van der Waals surface area contributed by atoms with E-state index in [0.717, 1.165) is 10.9 Å². The van der Waals surface area contributed by atoms with Gasteiger partial charge < -0.3 is 5.32 Å². The number of H-pyrrole nitrogens is 1. The molecule has 0 radical (unpaired) electrons. The van der Waals surface area contributed by atoms with E-state index in [0.29, 0.717) is 24.1 Å². The van der Waals surface area contributed by atoms with Crippen molar-refractivity contribution in [1.82, 2.24) is 15.5 Å². The summed E-state index contributed by atoms with van der Waals surface area (Å²) in [5.41, 5.74) is 1.36. The number of aromatic amines is 1. The number of rotatable bonds is 4. The zero-order valence-electron chi connectivity index (χ0n) is 11.0. The lowest BCUT2D eigenvalue weighted by Gasteiger charge is -2.15. The molecule has 2 N–H and O–H groups in total. The molecule has 1 heterocycles. The minimum absolute atomic E-state index is 0.111. The fourth-order valence-corrected chi connectivity index (χ4v) is 1.71. The van der Waals surface area contributed by atoms with Gasteiger partial charge in [0.15, 0.2) is 5.69 Å². The maximum Gasteiger partial charge on any atom is 0.272 e. The predicted octanol–water partition coefficient (Wildman–Crippen LogP) is 2.58. The van der Waals surface area contributed by atoms with E-state index in [1.54, 1.807) is 0 Å². The summed E-state index contributed by atoms with van der Waals surface area (Å²) in [6.07, 6.45) is 0. The summed E-state index contributed by atoms with van der Waals surface area (Å²) in [5, 5.41) is 10.8. The minimum Gasteiger partial charge on any atom is -0.350 e. The van der Waals surface area contributed by atoms with E-state index in [1.807, 2.05) is 24.3 Å². The maximum atomic E-state index is 12.1. The smallest absolute Gasteiger partial charge is 0.272 e. The summed E-state index contributed by atoms with van der Waals surface area (Å²) in [4.78, 5) is 12.1. The van der Waals surface area contributed by atoms with Crippen molar-refractivity contribution in [3.05, 3.63) is 30.0 Å². The largest absolute Gasteiger partial charge is 0.350 e.